The van der Waals surface area contributed by atoms with E-state index in [-0.39, 0.29) is 25.3 Å². The van der Waals surface area contributed by atoms with Gasteiger partial charge in [-0.15, -0.1) is 0 Å². The summed E-state index contributed by atoms with van der Waals surface area (Å²) >= 11 is 0. The van der Waals surface area contributed by atoms with Crippen LogP contribution in [0.25, 0.3) is 0 Å². The van der Waals surface area contributed by atoms with Crippen molar-refractivity contribution in [1.82, 2.24) is 5.32 Å². The van der Waals surface area contributed by atoms with E-state index >= 15 is 0 Å². The first-order valence-corrected chi connectivity index (χ1v) is 2.12. The van der Waals surface area contributed by atoms with Gasteiger partial charge in [-0.05, 0) is 0 Å². The molecule has 48 valence electrons. The second kappa shape index (κ2) is 10.9. The number of nitrogens with one attached hydrogen (secondary N) is 1. The van der Waals surface area contributed by atoms with Gasteiger partial charge in [0.05, 0.1) is 6.73 Å². The smallest absolute Gasteiger partial charge is 0.483 e. The molecule has 0 aliphatic carbocycles. The van der Waals surface area contributed by atoms with Gasteiger partial charge in [0.2, 0.25) is 0 Å². The minimum absolute atomic E-state index is 0. The predicted octanol–water partition coefficient (Wildman–Crippen LogP) is -3.57. The Morgan fingerprint density at radius 2 is 2.33 bits per heavy atom. The van der Waals surface area contributed by atoms with Crippen LogP contribution in [-0.4, -0.2) is 24.9 Å². The molecule has 9 heavy (non-hydrogen) atoms. The fourth-order valence-electron chi connectivity index (χ4n) is 0.295. The molecule has 0 unspecified atom stereocenters. The van der Waals surface area contributed by atoms with E-state index in [1.165, 1.54) is 0 Å². The number of hydrogen-bond donors (Lipinski definition) is 2. The molecule has 0 radical (unpaired) electrons. The Balaban J connectivity index is 0. The Morgan fingerprint density at radius 3 is 2.44 bits per heavy atom. The molecule has 0 aromatic carbocycles. The van der Waals surface area contributed by atoms with E-state index in [1.807, 2.05) is 6.54 Å². The van der Waals surface area contributed by atoms with Gasteiger partial charge in [-0.3, -0.25) is 4.79 Å². The van der Waals surface area contributed by atoms with Crippen molar-refractivity contribution in [3.63, 3.8) is 0 Å². The van der Waals surface area contributed by atoms with Gasteiger partial charge in [0, 0.05) is 0 Å². The van der Waals surface area contributed by atoms with Crippen molar-refractivity contribution >= 4 is 6.47 Å². The molecule has 4 nitrogen and oxygen atoms in total. The van der Waals surface area contributed by atoms with Crippen LogP contribution in [0.3, 0.4) is 0 Å². The molecule has 0 aromatic heterocycles. The van der Waals surface area contributed by atoms with Crippen molar-refractivity contribution in [2.75, 3.05) is 13.3 Å². The fraction of sp³-hybridized carbons (Fsp3) is 0.500. The zero-order chi connectivity index (χ0) is 6.24. The average Bonchev–Trinajstić information content (AvgIpc) is 2.17. The average molecular weight is 125 g/mol. The number of rotatable bonds is 0. The molecule has 1 aliphatic heterocycles. The molecule has 5 heteroatoms. The summed E-state index contributed by atoms with van der Waals surface area (Å²) in [5, 5.41) is 9.76. The topological polar surface area (TPSA) is 58.6 Å². The predicted molar refractivity (Wildman–Crippen MR) is 26.9 cm³/mol. The Morgan fingerprint density at radius 1 is 1.78 bits per heavy atom. The number of carbonyl (C=O) groups is 1. The fourth-order valence-corrected chi connectivity index (χ4v) is 0.295. The van der Waals surface area contributed by atoms with Crippen molar-refractivity contribution in [3.05, 3.63) is 6.54 Å². The van der Waals surface area contributed by atoms with Gasteiger partial charge in [0.1, 0.15) is 0 Å². The summed E-state index contributed by atoms with van der Waals surface area (Å²) in [5.74, 6) is 0. The van der Waals surface area contributed by atoms with Crippen molar-refractivity contribution in [1.29, 1.82) is 0 Å². The molecule has 1 aliphatic rings. The number of carboxylic acid groups (broad SMARTS) is 1. The normalized spacial score (nSPS) is 14.7. The molecule has 0 amide bonds. The summed E-state index contributed by atoms with van der Waals surface area (Å²) in [5.41, 5.74) is 0. The van der Waals surface area contributed by atoms with Crippen LogP contribution in [0.15, 0.2) is 0 Å². The Labute approximate surface area is 65.8 Å². The molecule has 0 aromatic rings. The van der Waals surface area contributed by atoms with E-state index in [0.29, 0.717) is 6.73 Å². The maximum absolute atomic E-state index is 8.36. The zero-order valence-electron chi connectivity index (χ0n) is 5.33. The Kier molecular flexibility index (Phi) is 14.2. The monoisotopic (exact) mass is 125 g/mol. The van der Waals surface area contributed by atoms with Crippen molar-refractivity contribution < 1.29 is 33.5 Å². The van der Waals surface area contributed by atoms with Gasteiger partial charge < -0.3 is 15.2 Å². The Bertz CT molecular complexity index is 50.2. The number of ether oxygens (including phenoxy) is 1. The first kappa shape index (κ1) is 11.7. The van der Waals surface area contributed by atoms with Gasteiger partial charge in [-0.1, -0.05) is 6.61 Å². The first-order chi connectivity index (χ1) is 3.91. The van der Waals surface area contributed by atoms with Crippen LogP contribution >= 0.6 is 0 Å². The van der Waals surface area contributed by atoms with E-state index < -0.39 is 0 Å². The Hall–Kier alpha value is -0.0126. The molecule has 2 N–H and O–H groups in total. The van der Waals surface area contributed by atoms with Gasteiger partial charge in [0.25, 0.3) is 6.47 Å². The van der Waals surface area contributed by atoms with E-state index in [0.717, 1.165) is 6.61 Å². The SMILES string of the molecule is O=CO.[CH-]1COCN1.[Li+]. The molecule has 1 saturated heterocycles. The van der Waals surface area contributed by atoms with Gasteiger partial charge in [-0.25, -0.2) is 6.54 Å². The molecule has 0 spiro atoms. The van der Waals surface area contributed by atoms with Crippen molar-refractivity contribution in [2.24, 2.45) is 0 Å². The second-order valence-corrected chi connectivity index (χ2v) is 1.03. The minimum Gasteiger partial charge on any atom is -0.483 e. The summed E-state index contributed by atoms with van der Waals surface area (Å²) in [6.45, 7) is 3.10. The molecular formula is C4H8LiNO3. The van der Waals surface area contributed by atoms with Gasteiger partial charge in [-0.2, -0.15) is 0 Å². The van der Waals surface area contributed by atoms with E-state index in [1.54, 1.807) is 0 Å². The van der Waals surface area contributed by atoms with Gasteiger partial charge in [0.15, 0.2) is 0 Å². The molecule has 0 saturated carbocycles. The third kappa shape index (κ3) is 11.5. The largest absolute Gasteiger partial charge is 1.00 e. The van der Waals surface area contributed by atoms with Crippen LogP contribution < -0.4 is 24.2 Å². The number of hydrogen-bond acceptors (Lipinski definition) is 3. The molecule has 1 fully saturated rings. The molecule has 1 rings (SSSR count). The second-order valence-electron chi connectivity index (χ2n) is 1.03. The quantitative estimate of drug-likeness (QED) is 0.200. The maximum Gasteiger partial charge on any atom is 1.00 e. The third-order valence-electron chi connectivity index (χ3n) is 0.531. The summed E-state index contributed by atoms with van der Waals surface area (Å²) in [7, 11) is 0. The van der Waals surface area contributed by atoms with Crippen molar-refractivity contribution in [3.8, 4) is 0 Å². The van der Waals surface area contributed by atoms with Crippen LogP contribution in [0.1, 0.15) is 0 Å². The minimum atomic E-state index is -0.250. The standard InChI is InChI=1S/C3H6NO.CH2O2.Li/c1-2-5-3-4-1;2-1-3;/h1,4H,2-3H2;1H,(H,2,3);/q-1;;+1. The summed E-state index contributed by atoms with van der Waals surface area (Å²) in [6, 6.07) is 0. The summed E-state index contributed by atoms with van der Waals surface area (Å²) in [6.07, 6.45) is 0. The van der Waals surface area contributed by atoms with Crippen LogP contribution in [0.2, 0.25) is 0 Å². The summed E-state index contributed by atoms with van der Waals surface area (Å²) < 4.78 is 4.78. The van der Waals surface area contributed by atoms with E-state index in [2.05, 4.69) is 5.32 Å². The van der Waals surface area contributed by atoms with Crippen LogP contribution in [0, 0.1) is 6.54 Å². The van der Waals surface area contributed by atoms with Gasteiger partial charge >= 0.3 is 18.9 Å². The summed E-state index contributed by atoms with van der Waals surface area (Å²) in [4.78, 5) is 8.36. The van der Waals surface area contributed by atoms with Crippen LogP contribution in [-0.2, 0) is 9.53 Å². The van der Waals surface area contributed by atoms with E-state index in [4.69, 9.17) is 14.6 Å². The first-order valence-electron chi connectivity index (χ1n) is 2.12. The molecular weight excluding hydrogens is 117 g/mol. The van der Waals surface area contributed by atoms with Crippen molar-refractivity contribution in [2.45, 2.75) is 0 Å². The van der Waals surface area contributed by atoms with Crippen LogP contribution in [0.4, 0.5) is 0 Å². The third-order valence-corrected chi connectivity index (χ3v) is 0.531. The molecule has 0 atom stereocenters. The molecule has 0 bridgehead atoms. The zero-order valence-corrected chi connectivity index (χ0v) is 5.33. The van der Waals surface area contributed by atoms with E-state index in [9.17, 15) is 0 Å². The van der Waals surface area contributed by atoms with Crippen LogP contribution in [0.5, 0.6) is 0 Å². The maximum atomic E-state index is 8.36. The molecule has 1 heterocycles.